The van der Waals surface area contributed by atoms with Crippen molar-refractivity contribution < 1.29 is 18.1 Å². The molecule has 0 rings (SSSR count). The van der Waals surface area contributed by atoms with Gasteiger partial charge in [0.1, 0.15) is 0 Å². The molecule has 0 atom stereocenters. The highest BCUT2D eigenvalue weighted by Crippen LogP contribution is 2.49. The second-order valence-corrected chi connectivity index (χ2v) is 13.6. The first-order valence-corrected chi connectivity index (χ1v) is 19.4. The second kappa shape index (κ2) is 33.6. The van der Waals surface area contributed by atoms with Crippen LogP contribution in [0.15, 0.2) is 0 Å². The maximum Gasteiger partial charge on any atom is 0.474 e. The fourth-order valence-corrected chi connectivity index (χ4v) is 6.48. The predicted molar refractivity (Wildman–Crippen MR) is 175 cm³/mol. The summed E-state index contributed by atoms with van der Waals surface area (Å²) in [4.78, 5) is 0. The Morgan fingerprint density at radius 1 is 0.375 bits per heavy atom. The summed E-state index contributed by atoms with van der Waals surface area (Å²) in [5.74, 6) is 0. The van der Waals surface area contributed by atoms with E-state index in [1.54, 1.807) is 0 Å². The van der Waals surface area contributed by atoms with Gasteiger partial charge in [0.15, 0.2) is 0 Å². The molecule has 0 aromatic rings. The molecule has 0 fully saturated rings. The molecule has 0 aliphatic heterocycles. The van der Waals surface area contributed by atoms with Crippen molar-refractivity contribution in [2.45, 2.75) is 194 Å². The van der Waals surface area contributed by atoms with Crippen LogP contribution in [0.1, 0.15) is 194 Å². The van der Waals surface area contributed by atoms with Crippen LogP contribution in [0.2, 0.25) is 0 Å². The first-order valence-electron chi connectivity index (χ1n) is 17.9. The van der Waals surface area contributed by atoms with E-state index in [-0.39, 0.29) is 6.61 Å². The van der Waals surface area contributed by atoms with Crippen molar-refractivity contribution in [3.63, 3.8) is 0 Å². The fourth-order valence-electron chi connectivity index (χ4n) is 5.22. The number of hydrogen-bond donors (Lipinski definition) is 1. The molecular formula is C34H72NO4P. The lowest BCUT2D eigenvalue weighted by atomic mass is 10.0. The van der Waals surface area contributed by atoms with Crippen LogP contribution < -0.4 is 5.73 Å². The van der Waals surface area contributed by atoms with E-state index in [0.717, 1.165) is 25.7 Å². The summed E-state index contributed by atoms with van der Waals surface area (Å²) < 4.78 is 29.5. The van der Waals surface area contributed by atoms with Crippen molar-refractivity contribution in [3.8, 4) is 0 Å². The Bertz CT molecular complexity index is 482. The van der Waals surface area contributed by atoms with E-state index in [0.29, 0.717) is 19.8 Å². The summed E-state index contributed by atoms with van der Waals surface area (Å²) in [6.07, 6.45) is 36.8. The largest absolute Gasteiger partial charge is 0.474 e. The molecule has 242 valence electrons. The minimum absolute atomic E-state index is 0.203. The first kappa shape index (κ1) is 40.1. The molecule has 0 bridgehead atoms. The topological polar surface area (TPSA) is 70.8 Å². The van der Waals surface area contributed by atoms with Crippen LogP contribution in [0.5, 0.6) is 0 Å². The Balaban J connectivity index is 3.61. The molecule has 0 spiro atoms. The van der Waals surface area contributed by atoms with Crippen LogP contribution in [0.3, 0.4) is 0 Å². The molecule has 0 aliphatic carbocycles. The molecule has 5 nitrogen and oxygen atoms in total. The summed E-state index contributed by atoms with van der Waals surface area (Å²) in [5.41, 5.74) is 5.55. The van der Waals surface area contributed by atoms with Crippen LogP contribution in [-0.2, 0) is 18.1 Å². The standard InChI is InChI=1S/C34H72NO4P/c1-3-5-7-9-11-13-15-17-19-21-23-25-27-29-32-37-40(36,39-34-31-35)38-33-30-28-26-24-22-20-18-16-14-12-10-8-6-4-2/h3-35H2,1-2H3. The van der Waals surface area contributed by atoms with Crippen molar-refractivity contribution in [2.24, 2.45) is 5.73 Å². The Kier molecular flexibility index (Phi) is 33.6. The lowest BCUT2D eigenvalue weighted by Crippen LogP contribution is -2.10. The molecule has 0 amide bonds. The molecule has 0 aromatic heterocycles. The van der Waals surface area contributed by atoms with Crippen molar-refractivity contribution in [1.82, 2.24) is 0 Å². The number of unbranched alkanes of at least 4 members (excludes halogenated alkanes) is 26. The first-order chi connectivity index (χ1) is 19.7. The van der Waals surface area contributed by atoms with Gasteiger partial charge in [-0.1, -0.05) is 181 Å². The van der Waals surface area contributed by atoms with E-state index in [1.807, 2.05) is 0 Å². The Morgan fingerprint density at radius 2 is 0.600 bits per heavy atom. The van der Waals surface area contributed by atoms with Gasteiger partial charge in [-0.15, -0.1) is 0 Å². The summed E-state index contributed by atoms with van der Waals surface area (Å²) >= 11 is 0. The highest BCUT2D eigenvalue weighted by atomic mass is 31.2. The molecule has 0 heterocycles. The number of phosphoric ester groups is 1. The van der Waals surface area contributed by atoms with Gasteiger partial charge in [0.25, 0.3) is 0 Å². The van der Waals surface area contributed by atoms with Crippen LogP contribution >= 0.6 is 7.82 Å². The monoisotopic (exact) mass is 590 g/mol. The summed E-state index contributed by atoms with van der Waals surface area (Å²) in [5, 5.41) is 0. The quantitative estimate of drug-likeness (QED) is 0.0588. The molecule has 0 unspecified atom stereocenters. The van der Waals surface area contributed by atoms with Gasteiger partial charge in [-0.3, -0.25) is 13.6 Å². The average Bonchev–Trinajstić information content (AvgIpc) is 2.96. The highest BCUT2D eigenvalue weighted by molar-refractivity contribution is 7.48. The molecule has 0 saturated heterocycles. The summed E-state index contributed by atoms with van der Waals surface area (Å²) in [6, 6.07) is 0. The van der Waals surface area contributed by atoms with Crippen molar-refractivity contribution in [3.05, 3.63) is 0 Å². The van der Waals surface area contributed by atoms with Crippen LogP contribution in [0.4, 0.5) is 0 Å². The smallest absolute Gasteiger partial charge is 0.328 e. The maximum absolute atomic E-state index is 12.9. The minimum atomic E-state index is -3.49. The molecule has 0 aromatic carbocycles. The van der Waals surface area contributed by atoms with E-state index in [4.69, 9.17) is 19.3 Å². The van der Waals surface area contributed by atoms with E-state index < -0.39 is 7.82 Å². The van der Waals surface area contributed by atoms with Gasteiger partial charge in [-0.05, 0) is 12.8 Å². The van der Waals surface area contributed by atoms with Crippen LogP contribution in [-0.4, -0.2) is 26.4 Å². The van der Waals surface area contributed by atoms with Gasteiger partial charge in [0.2, 0.25) is 0 Å². The van der Waals surface area contributed by atoms with Crippen LogP contribution in [0.25, 0.3) is 0 Å². The van der Waals surface area contributed by atoms with Crippen LogP contribution in [0, 0.1) is 0 Å². The van der Waals surface area contributed by atoms with Crippen molar-refractivity contribution in [2.75, 3.05) is 26.4 Å². The zero-order chi connectivity index (χ0) is 29.2. The van der Waals surface area contributed by atoms with Gasteiger partial charge < -0.3 is 5.73 Å². The molecule has 2 N–H and O–H groups in total. The lowest BCUT2D eigenvalue weighted by Gasteiger charge is -2.17. The second-order valence-electron chi connectivity index (χ2n) is 11.9. The third kappa shape index (κ3) is 31.0. The molecule has 0 saturated carbocycles. The summed E-state index contributed by atoms with van der Waals surface area (Å²) in [7, 11) is -3.49. The summed E-state index contributed by atoms with van der Waals surface area (Å²) in [6.45, 7) is 5.93. The Morgan fingerprint density at radius 3 is 0.850 bits per heavy atom. The number of hydrogen-bond acceptors (Lipinski definition) is 5. The van der Waals surface area contributed by atoms with Crippen molar-refractivity contribution in [1.29, 1.82) is 0 Å². The molecule has 40 heavy (non-hydrogen) atoms. The third-order valence-corrected chi connectivity index (χ3v) is 9.36. The van der Waals surface area contributed by atoms with E-state index in [9.17, 15) is 4.57 Å². The zero-order valence-corrected chi connectivity index (χ0v) is 28.2. The fraction of sp³-hybridized carbons (Fsp3) is 1.00. The molecule has 6 heteroatoms. The van der Waals surface area contributed by atoms with Gasteiger partial charge in [0.05, 0.1) is 19.8 Å². The molecule has 0 aliphatic rings. The lowest BCUT2D eigenvalue weighted by molar-refractivity contribution is 0.112. The van der Waals surface area contributed by atoms with E-state index in [1.165, 1.54) is 154 Å². The van der Waals surface area contributed by atoms with Gasteiger partial charge in [-0.25, -0.2) is 4.57 Å². The Labute approximate surface area is 251 Å². The number of rotatable bonds is 35. The normalized spacial score (nSPS) is 12.0. The van der Waals surface area contributed by atoms with E-state index in [2.05, 4.69) is 13.8 Å². The zero-order valence-electron chi connectivity index (χ0n) is 27.3. The predicted octanol–water partition coefficient (Wildman–Crippen LogP) is 12.1. The SMILES string of the molecule is CCCCCCCCCCCCCCCCOP(=O)(OCCN)OCCCCCCCCCCCCCCCC. The number of nitrogens with two attached hydrogens (primary N) is 1. The maximum atomic E-state index is 12.9. The van der Waals surface area contributed by atoms with Crippen molar-refractivity contribution >= 4 is 7.82 Å². The van der Waals surface area contributed by atoms with Gasteiger partial charge in [0, 0.05) is 6.54 Å². The Hall–Kier alpha value is 0.0700. The van der Waals surface area contributed by atoms with Gasteiger partial charge >= 0.3 is 7.82 Å². The number of phosphoric acid groups is 1. The van der Waals surface area contributed by atoms with Gasteiger partial charge in [-0.2, -0.15) is 0 Å². The highest BCUT2D eigenvalue weighted by Gasteiger charge is 2.25. The average molecular weight is 590 g/mol. The molecule has 0 radical (unpaired) electrons. The van der Waals surface area contributed by atoms with E-state index >= 15 is 0 Å². The molecular weight excluding hydrogens is 517 g/mol. The minimum Gasteiger partial charge on any atom is -0.328 e. The third-order valence-electron chi connectivity index (χ3n) is 7.86.